The predicted octanol–water partition coefficient (Wildman–Crippen LogP) is 2.85. The maximum Gasteiger partial charge on any atom is 0.303 e. The molecule has 100 valence electrons. The van der Waals surface area contributed by atoms with E-state index in [2.05, 4.69) is 0 Å². The number of carbonyl (C=O) groups excluding carboxylic acids is 1. The van der Waals surface area contributed by atoms with Gasteiger partial charge in [-0.1, -0.05) is 44.9 Å². The highest BCUT2D eigenvalue weighted by Gasteiger charge is 1.97. The summed E-state index contributed by atoms with van der Waals surface area (Å²) in [5.41, 5.74) is 5.04. The highest BCUT2D eigenvalue weighted by atomic mass is 16.4. The molecule has 3 N–H and O–H groups in total. The first-order valence-electron chi connectivity index (χ1n) is 6.63. The van der Waals surface area contributed by atoms with Gasteiger partial charge in [-0.05, 0) is 12.8 Å². The van der Waals surface area contributed by atoms with Crippen molar-refractivity contribution < 1.29 is 14.7 Å². The molecule has 0 aliphatic rings. The summed E-state index contributed by atoms with van der Waals surface area (Å²) < 4.78 is 0. The standard InChI is InChI=1S/C13H25NO3/c14-12(15)10-8-6-4-2-1-3-5-7-9-11-13(16)17/h1-11H2,(H2,14,15)(H,16,17). The molecule has 0 aromatic heterocycles. The third-order valence-electron chi connectivity index (χ3n) is 2.81. The van der Waals surface area contributed by atoms with Crippen LogP contribution in [-0.2, 0) is 9.59 Å². The molecule has 4 nitrogen and oxygen atoms in total. The van der Waals surface area contributed by atoms with Crippen LogP contribution in [0.25, 0.3) is 0 Å². The van der Waals surface area contributed by atoms with Gasteiger partial charge in [-0.15, -0.1) is 0 Å². The third-order valence-corrected chi connectivity index (χ3v) is 2.81. The lowest BCUT2D eigenvalue weighted by molar-refractivity contribution is -0.137. The summed E-state index contributed by atoms with van der Waals surface area (Å²) >= 11 is 0. The summed E-state index contributed by atoms with van der Waals surface area (Å²) in [5.74, 6) is -0.900. The normalized spacial score (nSPS) is 10.4. The number of aliphatic carboxylic acids is 1. The van der Waals surface area contributed by atoms with Crippen molar-refractivity contribution in [3.63, 3.8) is 0 Å². The Kier molecular flexibility index (Phi) is 10.7. The van der Waals surface area contributed by atoms with Crippen molar-refractivity contribution in [1.29, 1.82) is 0 Å². The van der Waals surface area contributed by atoms with Crippen LogP contribution in [0, 0.1) is 0 Å². The molecule has 17 heavy (non-hydrogen) atoms. The lowest BCUT2D eigenvalue weighted by Crippen LogP contribution is -2.09. The maximum atomic E-state index is 10.5. The Labute approximate surface area is 104 Å². The molecule has 0 heterocycles. The quantitative estimate of drug-likeness (QED) is 0.517. The molecule has 0 aromatic carbocycles. The minimum absolute atomic E-state index is 0.205. The summed E-state index contributed by atoms with van der Waals surface area (Å²) in [4.78, 5) is 20.7. The number of rotatable bonds is 12. The number of amides is 1. The van der Waals surface area contributed by atoms with Crippen LogP contribution in [0.2, 0.25) is 0 Å². The van der Waals surface area contributed by atoms with E-state index in [1.807, 2.05) is 0 Å². The summed E-state index contributed by atoms with van der Waals surface area (Å²) in [7, 11) is 0. The van der Waals surface area contributed by atoms with Crippen molar-refractivity contribution >= 4 is 11.9 Å². The van der Waals surface area contributed by atoms with Crippen LogP contribution in [0.4, 0.5) is 0 Å². The van der Waals surface area contributed by atoms with Gasteiger partial charge in [0.1, 0.15) is 0 Å². The van der Waals surface area contributed by atoms with E-state index in [1.165, 1.54) is 25.7 Å². The fraction of sp³-hybridized carbons (Fsp3) is 0.846. The molecule has 1 amide bonds. The van der Waals surface area contributed by atoms with Gasteiger partial charge in [0.05, 0.1) is 0 Å². The summed E-state index contributed by atoms with van der Waals surface area (Å²) in [6.07, 6.45) is 10.5. The van der Waals surface area contributed by atoms with E-state index in [-0.39, 0.29) is 5.91 Å². The van der Waals surface area contributed by atoms with Gasteiger partial charge >= 0.3 is 5.97 Å². The van der Waals surface area contributed by atoms with Crippen LogP contribution in [0.15, 0.2) is 0 Å². The molecule has 0 fully saturated rings. The van der Waals surface area contributed by atoms with Crippen molar-refractivity contribution in [2.24, 2.45) is 5.73 Å². The van der Waals surface area contributed by atoms with Crippen LogP contribution >= 0.6 is 0 Å². The zero-order valence-electron chi connectivity index (χ0n) is 10.6. The van der Waals surface area contributed by atoms with E-state index in [0.29, 0.717) is 12.8 Å². The molecule has 4 heteroatoms. The second-order valence-corrected chi connectivity index (χ2v) is 4.54. The number of unbranched alkanes of at least 4 members (excludes halogenated alkanes) is 8. The van der Waals surface area contributed by atoms with Crippen molar-refractivity contribution in [1.82, 2.24) is 0 Å². The zero-order valence-corrected chi connectivity index (χ0v) is 10.6. The fourth-order valence-electron chi connectivity index (χ4n) is 1.81. The van der Waals surface area contributed by atoms with Gasteiger partial charge in [-0.2, -0.15) is 0 Å². The molecule has 0 rings (SSSR count). The smallest absolute Gasteiger partial charge is 0.303 e. The first-order chi connectivity index (χ1) is 8.13. The van der Waals surface area contributed by atoms with E-state index < -0.39 is 5.97 Å². The largest absolute Gasteiger partial charge is 0.481 e. The molecule has 0 radical (unpaired) electrons. The highest BCUT2D eigenvalue weighted by molar-refractivity contribution is 5.73. The van der Waals surface area contributed by atoms with E-state index in [9.17, 15) is 9.59 Å². The SMILES string of the molecule is NC(=O)CCCCCCCCCCCC(=O)O. The van der Waals surface area contributed by atoms with Crippen LogP contribution < -0.4 is 5.73 Å². The van der Waals surface area contributed by atoms with Crippen molar-refractivity contribution in [2.75, 3.05) is 0 Å². The van der Waals surface area contributed by atoms with Crippen molar-refractivity contribution in [3.05, 3.63) is 0 Å². The fourth-order valence-corrected chi connectivity index (χ4v) is 1.81. The third kappa shape index (κ3) is 14.9. The molecule has 0 saturated carbocycles. The molecule has 0 spiro atoms. The maximum absolute atomic E-state index is 10.5. The molecular formula is C13H25NO3. The molecular weight excluding hydrogens is 218 g/mol. The summed E-state index contributed by atoms with van der Waals surface area (Å²) in [6.45, 7) is 0. The average molecular weight is 243 g/mol. The van der Waals surface area contributed by atoms with Gasteiger partial charge in [0.2, 0.25) is 5.91 Å². The summed E-state index contributed by atoms with van der Waals surface area (Å²) in [6, 6.07) is 0. The van der Waals surface area contributed by atoms with Crippen LogP contribution in [-0.4, -0.2) is 17.0 Å². The van der Waals surface area contributed by atoms with E-state index in [4.69, 9.17) is 10.8 Å². The number of carboxylic acid groups (broad SMARTS) is 1. The van der Waals surface area contributed by atoms with E-state index >= 15 is 0 Å². The lowest BCUT2D eigenvalue weighted by Gasteiger charge is -2.01. The minimum Gasteiger partial charge on any atom is -0.481 e. The number of nitrogens with two attached hydrogens (primary N) is 1. The molecule has 0 saturated heterocycles. The number of hydrogen-bond acceptors (Lipinski definition) is 2. The van der Waals surface area contributed by atoms with Crippen LogP contribution in [0.5, 0.6) is 0 Å². The van der Waals surface area contributed by atoms with Gasteiger partial charge in [0, 0.05) is 12.8 Å². The number of carboxylic acids is 1. The second-order valence-electron chi connectivity index (χ2n) is 4.54. The first-order valence-corrected chi connectivity index (χ1v) is 6.63. The molecule has 0 aliphatic heterocycles. The van der Waals surface area contributed by atoms with E-state index in [1.54, 1.807) is 0 Å². The Morgan fingerprint density at radius 3 is 1.41 bits per heavy atom. The molecule has 0 aromatic rings. The molecule has 0 unspecified atom stereocenters. The average Bonchev–Trinajstić information content (AvgIpc) is 2.25. The van der Waals surface area contributed by atoms with Gasteiger partial charge in [-0.3, -0.25) is 9.59 Å². The van der Waals surface area contributed by atoms with Crippen molar-refractivity contribution in [2.45, 2.75) is 70.6 Å². The highest BCUT2D eigenvalue weighted by Crippen LogP contribution is 2.11. The van der Waals surface area contributed by atoms with Crippen LogP contribution in [0.1, 0.15) is 70.6 Å². The minimum atomic E-state index is -0.695. The van der Waals surface area contributed by atoms with Crippen LogP contribution in [0.3, 0.4) is 0 Å². The second kappa shape index (κ2) is 11.4. The van der Waals surface area contributed by atoms with Gasteiger partial charge < -0.3 is 10.8 Å². The molecule has 0 aliphatic carbocycles. The summed E-state index contributed by atoms with van der Waals surface area (Å²) in [5, 5.41) is 8.44. The van der Waals surface area contributed by atoms with E-state index in [0.717, 1.165) is 32.1 Å². The Morgan fingerprint density at radius 1 is 0.706 bits per heavy atom. The monoisotopic (exact) mass is 243 g/mol. The Bertz CT molecular complexity index is 195. The molecule has 0 bridgehead atoms. The van der Waals surface area contributed by atoms with Gasteiger partial charge in [-0.25, -0.2) is 0 Å². The Morgan fingerprint density at radius 2 is 1.06 bits per heavy atom. The van der Waals surface area contributed by atoms with Gasteiger partial charge in [0.25, 0.3) is 0 Å². The first kappa shape index (κ1) is 15.9. The number of carbonyl (C=O) groups is 2. The Hall–Kier alpha value is -1.06. The van der Waals surface area contributed by atoms with Gasteiger partial charge in [0.15, 0.2) is 0 Å². The van der Waals surface area contributed by atoms with Crippen molar-refractivity contribution in [3.8, 4) is 0 Å². The lowest BCUT2D eigenvalue weighted by atomic mass is 10.1. The molecule has 0 atom stereocenters. The zero-order chi connectivity index (χ0) is 12.9. The topological polar surface area (TPSA) is 80.4 Å². The predicted molar refractivity (Wildman–Crippen MR) is 67.6 cm³/mol. The number of primary amides is 1. The Balaban J connectivity index is 2.98. The number of hydrogen-bond donors (Lipinski definition) is 2.